The summed E-state index contributed by atoms with van der Waals surface area (Å²) in [6.45, 7) is 1.44. The Morgan fingerprint density at radius 1 is 1.40 bits per heavy atom. The molecule has 88 valence electrons. The van der Waals surface area contributed by atoms with E-state index >= 15 is 0 Å². The number of ether oxygens (including phenoxy) is 2. The lowest BCUT2D eigenvalue weighted by Gasteiger charge is -2.26. The van der Waals surface area contributed by atoms with Crippen molar-refractivity contribution in [1.29, 1.82) is 0 Å². The van der Waals surface area contributed by atoms with Crippen molar-refractivity contribution in [3.63, 3.8) is 0 Å². The number of carbonyl (C=O) groups is 1. The maximum Gasteiger partial charge on any atom is 0.339 e. The van der Waals surface area contributed by atoms with Gasteiger partial charge in [-0.2, -0.15) is 0 Å². The van der Waals surface area contributed by atoms with Crippen molar-refractivity contribution < 1.29 is 19.4 Å². The minimum Gasteiger partial charge on any atom is -0.467 e. The van der Waals surface area contributed by atoms with E-state index in [4.69, 9.17) is 4.74 Å². The fraction of sp³-hybridized carbons (Fsp3) is 0.909. The van der Waals surface area contributed by atoms with Gasteiger partial charge in [0.1, 0.15) is 0 Å². The van der Waals surface area contributed by atoms with Gasteiger partial charge in [-0.05, 0) is 19.8 Å². The number of aliphatic hydroxyl groups is 1. The smallest absolute Gasteiger partial charge is 0.339 e. The van der Waals surface area contributed by atoms with Crippen LogP contribution in [0.1, 0.15) is 39.0 Å². The van der Waals surface area contributed by atoms with Gasteiger partial charge < -0.3 is 14.6 Å². The molecule has 0 heterocycles. The summed E-state index contributed by atoms with van der Waals surface area (Å²) in [5.74, 6) is -0.640. The third-order valence-electron chi connectivity index (χ3n) is 2.78. The maximum absolute atomic E-state index is 11.2. The summed E-state index contributed by atoms with van der Waals surface area (Å²) >= 11 is 0. The molecule has 0 saturated heterocycles. The van der Waals surface area contributed by atoms with Gasteiger partial charge in [-0.25, -0.2) is 4.79 Å². The van der Waals surface area contributed by atoms with Crippen LogP contribution in [0.25, 0.3) is 0 Å². The first-order valence-corrected chi connectivity index (χ1v) is 5.48. The van der Waals surface area contributed by atoms with Gasteiger partial charge in [0.25, 0.3) is 0 Å². The monoisotopic (exact) mass is 216 g/mol. The second kappa shape index (κ2) is 5.47. The summed E-state index contributed by atoms with van der Waals surface area (Å²) in [6, 6.07) is 0. The van der Waals surface area contributed by atoms with Crippen LogP contribution in [-0.4, -0.2) is 36.5 Å². The lowest BCUT2D eigenvalue weighted by atomic mass is 9.97. The molecule has 1 aliphatic rings. The minimum atomic E-state index is -1.52. The Hall–Kier alpha value is -0.610. The van der Waals surface area contributed by atoms with Crippen molar-refractivity contribution in [3.8, 4) is 0 Å². The summed E-state index contributed by atoms with van der Waals surface area (Å²) in [5, 5.41) is 9.71. The van der Waals surface area contributed by atoms with Crippen LogP contribution < -0.4 is 0 Å². The Balaban J connectivity index is 2.31. The van der Waals surface area contributed by atoms with E-state index in [1.165, 1.54) is 33.3 Å². The standard InChI is InChI=1S/C11H20O4/c1-11(13,10(12)14-2)8-15-9-6-4-3-5-7-9/h9,13H,3-8H2,1-2H3. The van der Waals surface area contributed by atoms with Gasteiger partial charge >= 0.3 is 5.97 Å². The van der Waals surface area contributed by atoms with Gasteiger partial charge in [0, 0.05) is 0 Å². The van der Waals surface area contributed by atoms with Crippen molar-refractivity contribution in [2.24, 2.45) is 0 Å². The summed E-state index contributed by atoms with van der Waals surface area (Å²) < 4.78 is 10.0. The van der Waals surface area contributed by atoms with Crippen LogP contribution in [0.5, 0.6) is 0 Å². The fourth-order valence-corrected chi connectivity index (χ4v) is 1.79. The molecule has 1 N–H and O–H groups in total. The quantitative estimate of drug-likeness (QED) is 0.719. The SMILES string of the molecule is COC(=O)C(C)(O)COC1CCCCC1. The second-order valence-electron chi connectivity index (χ2n) is 4.34. The third-order valence-corrected chi connectivity index (χ3v) is 2.78. The molecule has 0 spiro atoms. The normalized spacial score (nSPS) is 22.1. The van der Waals surface area contributed by atoms with Crippen molar-refractivity contribution >= 4 is 5.97 Å². The number of methoxy groups -OCH3 is 1. The number of carbonyl (C=O) groups excluding carboxylic acids is 1. The second-order valence-corrected chi connectivity index (χ2v) is 4.34. The minimum absolute atomic E-state index is 0.0182. The zero-order chi connectivity index (χ0) is 11.3. The Morgan fingerprint density at radius 3 is 2.53 bits per heavy atom. The molecule has 0 aromatic heterocycles. The van der Waals surface area contributed by atoms with Crippen LogP contribution in [0.2, 0.25) is 0 Å². The van der Waals surface area contributed by atoms with Gasteiger partial charge in [-0.1, -0.05) is 19.3 Å². The van der Waals surface area contributed by atoms with Crippen LogP contribution in [0, 0.1) is 0 Å². The van der Waals surface area contributed by atoms with Gasteiger partial charge in [-0.3, -0.25) is 0 Å². The van der Waals surface area contributed by atoms with Crippen molar-refractivity contribution in [2.75, 3.05) is 13.7 Å². The number of hydrogen-bond donors (Lipinski definition) is 1. The van der Waals surface area contributed by atoms with Crippen LogP contribution in [0.15, 0.2) is 0 Å². The molecule has 4 nitrogen and oxygen atoms in total. The van der Waals surface area contributed by atoms with E-state index in [0.717, 1.165) is 12.8 Å². The van der Waals surface area contributed by atoms with Crippen LogP contribution in [-0.2, 0) is 14.3 Å². The highest BCUT2D eigenvalue weighted by Gasteiger charge is 2.32. The third kappa shape index (κ3) is 3.80. The van der Waals surface area contributed by atoms with Gasteiger partial charge in [0.15, 0.2) is 5.60 Å². The van der Waals surface area contributed by atoms with Crippen molar-refractivity contribution in [1.82, 2.24) is 0 Å². The van der Waals surface area contributed by atoms with Crippen molar-refractivity contribution in [2.45, 2.75) is 50.7 Å². The Labute approximate surface area is 90.6 Å². The summed E-state index contributed by atoms with van der Waals surface area (Å²) in [5.41, 5.74) is -1.52. The molecule has 0 bridgehead atoms. The molecule has 1 atom stereocenters. The van der Waals surface area contributed by atoms with Gasteiger partial charge in [0.2, 0.25) is 0 Å². The van der Waals surface area contributed by atoms with E-state index in [-0.39, 0.29) is 12.7 Å². The fourth-order valence-electron chi connectivity index (χ4n) is 1.79. The van der Waals surface area contributed by atoms with Gasteiger partial charge in [-0.15, -0.1) is 0 Å². The molecule has 0 aliphatic heterocycles. The number of hydrogen-bond acceptors (Lipinski definition) is 4. The largest absolute Gasteiger partial charge is 0.467 e. The van der Waals surface area contributed by atoms with Gasteiger partial charge in [0.05, 0.1) is 19.8 Å². The molecule has 0 amide bonds. The Morgan fingerprint density at radius 2 is 2.00 bits per heavy atom. The Kier molecular flexibility index (Phi) is 4.54. The Bertz CT molecular complexity index is 207. The van der Waals surface area contributed by atoms with E-state index in [1.807, 2.05) is 0 Å². The highest BCUT2D eigenvalue weighted by atomic mass is 16.6. The van der Waals surface area contributed by atoms with Crippen molar-refractivity contribution in [3.05, 3.63) is 0 Å². The molecule has 4 heteroatoms. The molecule has 1 aliphatic carbocycles. The van der Waals surface area contributed by atoms with E-state index < -0.39 is 11.6 Å². The first-order chi connectivity index (χ1) is 7.06. The highest BCUT2D eigenvalue weighted by Crippen LogP contribution is 2.21. The molecule has 0 aromatic rings. The molecule has 15 heavy (non-hydrogen) atoms. The highest BCUT2D eigenvalue weighted by molar-refractivity contribution is 5.78. The molecule has 1 saturated carbocycles. The molecule has 0 radical (unpaired) electrons. The molecule has 1 fully saturated rings. The molecule has 1 rings (SSSR count). The lowest BCUT2D eigenvalue weighted by molar-refractivity contribution is -0.169. The van der Waals surface area contributed by atoms with E-state index in [1.54, 1.807) is 0 Å². The topological polar surface area (TPSA) is 55.8 Å². The zero-order valence-electron chi connectivity index (χ0n) is 9.49. The summed E-state index contributed by atoms with van der Waals surface area (Å²) in [4.78, 5) is 11.2. The van der Waals surface area contributed by atoms with E-state index in [9.17, 15) is 9.90 Å². The molecular weight excluding hydrogens is 196 g/mol. The lowest BCUT2D eigenvalue weighted by Crippen LogP contribution is -2.42. The average Bonchev–Trinajstić information content (AvgIpc) is 2.27. The van der Waals surface area contributed by atoms with Crippen LogP contribution in [0.4, 0.5) is 0 Å². The zero-order valence-corrected chi connectivity index (χ0v) is 9.49. The molecule has 1 unspecified atom stereocenters. The van der Waals surface area contributed by atoms with E-state index in [0.29, 0.717) is 0 Å². The summed E-state index contributed by atoms with van der Waals surface area (Å²) in [7, 11) is 1.26. The first-order valence-electron chi connectivity index (χ1n) is 5.48. The maximum atomic E-state index is 11.2. The molecule has 0 aromatic carbocycles. The van der Waals surface area contributed by atoms with Crippen LogP contribution in [0.3, 0.4) is 0 Å². The van der Waals surface area contributed by atoms with Crippen LogP contribution >= 0.6 is 0 Å². The van der Waals surface area contributed by atoms with E-state index in [2.05, 4.69) is 4.74 Å². The average molecular weight is 216 g/mol. The number of esters is 1. The summed E-state index contributed by atoms with van der Waals surface area (Å²) in [6.07, 6.45) is 5.84. The predicted octanol–water partition coefficient (Wildman–Crippen LogP) is 1.26. The predicted molar refractivity (Wildman–Crippen MR) is 55.5 cm³/mol. The molecular formula is C11H20O4. The number of rotatable bonds is 4. The first kappa shape index (κ1) is 12.5.